The fourth-order valence-corrected chi connectivity index (χ4v) is 12.7. The highest BCUT2D eigenvalue weighted by Gasteiger charge is 2.19. The Morgan fingerprint density at radius 2 is 0.783 bits per heavy atom. The van der Waals surface area contributed by atoms with E-state index in [9.17, 15) is 0 Å². The number of hydrogen-bond donors (Lipinski definition) is 0. The molecule has 0 bridgehead atoms. The summed E-state index contributed by atoms with van der Waals surface area (Å²) in [4.78, 5) is 24.2. The van der Waals surface area contributed by atoms with Crippen molar-refractivity contribution in [2.45, 2.75) is 44.9 Å². The molecule has 10 aromatic carbocycles. The van der Waals surface area contributed by atoms with Crippen LogP contribution in [0, 0.1) is 6.92 Å². The van der Waals surface area contributed by atoms with Crippen molar-refractivity contribution in [3.05, 3.63) is 273 Å². The van der Waals surface area contributed by atoms with Gasteiger partial charge in [-0.3, -0.25) is 14.1 Å². The number of aryl methyl sites for hydroxylation is 1. The second-order valence-corrected chi connectivity index (χ2v) is 22.0. The fraction of sp³-hybridized carbons (Fsp3) is 0.0921. The van der Waals surface area contributed by atoms with Crippen LogP contribution in [-0.4, -0.2) is 34.1 Å². The van der Waals surface area contributed by atoms with Crippen LogP contribution in [0.4, 0.5) is 0 Å². The van der Waals surface area contributed by atoms with Crippen LogP contribution >= 0.6 is 0 Å². The van der Waals surface area contributed by atoms with E-state index in [4.69, 9.17) is 24.9 Å². The second kappa shape index (κ2) is 21.3. The molecule has 5 aromatic heterocycles. The zero-order valence-corrected chi connectivity index (χ0v) is 46.1. The van der Waals surface area contributed by atoms with Gasteiger partial charge in [-0.05, 0) is 123 Å². The number of fused-ring (bicyclic) bond motifs is 9. The van der Waals surface area contributed by atoms with Gasteiger partial charge in [0.15, 0.2) is 0 Å². The molecule has 0 atom stereocenters. The highest BCUT2D eigenvalue weighted by atomic mass is 15.2. The first kappa shape index (κ1) is 49.7. The lowest BCUT2D eigenvalue weighted by Gasteiger charge is -2.22. The van der Waals surface area contributed by atoms with Gasteiger partial charge in [-0.2, -0.15) is 0 Å². The predicted molar refractivity (Wildman–Crippen MR) is 343 cm³/mol. The molecule has 0 N–H and O–H groups in total. The molecule has 1 aliphatic rings. The molecule has 16 rings (SSSR count). The Morgan fingerprint density at radius 1 is 0.313 bits per heavy atom. The van der Waals surface area contributed by atoms with Gasteiger partial charge in [0.1, 0.15) is 0 Å². The quantitative estimate of drug-likeness (QED) is 0.152. The van der Waals surface area contributed by atoms with Crippen LogP contribution in [0.2, 0.25) is 0 Å². The average molecular weight is 1070 g/mol. The maximum atomic E-state index is 4.86. The van der Waals surface area contributed by atoms with E-state index >= 15 is 0 Å². The van der Waals surface area contributed by atoms with Crippen LogP contribution in [0.1, 0.15) is 49.1 Å². The van der Waals surface area contributed by atoms with E-state index in [0.29, 0.717) is 11.9 Å². The molecule has 0 spiro atoms. The van der Waals surface area contributed by atoms with Gasteiger partial charge >= 0.3 is 0 Å². The first-order valence-electron chi connectivity index (χ1n) is 28.9. The molecule has 15 aromatic rings. The van der Waals surface area contributed by atoms with Crippen LogP contribution in [0.5, 0.6) is 0 Å². The summed E-state index contributed by atoms with van der Waals surface area (Å²) in [5.74, 6) is 2.09. The molecule has 83 heavy (non-hydrogen) atoms. The summed E-state index contributed by atoms with van der Waals surface area (Å²) in [6, 6.07) is 82.0. The third kappa shape index (κ3) is 9.26. The van der Waals surface area contributed by atoms with Crippen molar-refractivity contribution < 1.29 is 0 Å². The Hall–Kier alpha value is -10.4. The highest BCUT2D eigenvalue weighted by molar-refractivity contribution is 6.21. The topological polar surface area (TPSA) is 74.3 Å². The molecule has 7 nitrogen and oxygen atoms in total. The molecule has 0 saturated heterocycles. The van der Waals surface area contributed by atoms with E-state index in [1.54, 1.807) is 0 Å². The molecule has 0 radical (unpaired) electrons. The van der Waals surface area contributed by atoms with Crippen molar-refractivity contribution in [3.63, 3.8) is 0 Å². The first-order chi connectivity index (χ1) is 41.1. The highest BCUT2D eigenvalue weighted by Crippen LogP contribution is 2.39. The molecule has 0 unspecified atom stereocenters. The Morgan fingerprint density at radius 3 is 1.41 bits per heavy atom. The molecular weight excluding hydrogens is 1010 g/mol. The molecule has 1 saturated carbocycles. The Balaban J connectivity index is 0.000000142. The van der Waals surface area contributed by atoms with E-state index in [2.05, 4.69) is 241 Å². The normalized spacial score (nSPS) is 12.8. The minimum Gasteiger partial charge on any atom is -0.278 e. The fourth-order valence-electron chi connectivity index (χ4n) is 12.7. The first-order valence-corrected chi connectivity index (χ1v) is 28.9. The lowest BCUT2D eigenvalue weighted by atomic mass is 9.83. The van der Waals surface area contributed by atoms with Crippen molar-refractivity contribution >= 4 is 65.2 Å². The molecule has 0 amide bonds. The zero-order chi connectivity index (χ0) is 55.2. The Bertz CT molecular complexity index is 4850. The maximum absolute atomic E-state index is 4.86. The third-order valence-electron chi connectivity index (χ3n) is 17.0. The van der Waals surface area contributed by atoms with Crippen molar-refractivity contribution in [1.29, 1.82) is 0 Å². The maximum Gasteiger partial charge on any atom is 0.234 e. The minimum absolute atomic E-state index is 0.662. The van der Waals surface area contributed by atoms with E-state index in [1.807, 2.05) is 37.1 Å². The summed E-state index contributed by atoms with van der Waals surface area (Å²) in [6.07, 6.45) is 16.5. The van der Waals surface area contributed by atoms with E-state index < -0.39 is 0 Å². The van der Waals surface area contributed by atoms with Crippen molar-refractivity contribution in [1.82, 2.24) is 34.1 Å². The van der Waals surface area contributed by atoms with Gasteiger partial charge in [0.25, 0.3) is 0 Å². The number of benzene rings is 10. The van der Waals surface area contributed by atoms with E-state index in [-0.39, 0.29) is 0 Å². The number of rotatable bonds is 8. The molecular formula is C76H57N7. The number of aromatic nitrogens is 7. The van der Waals surface area contributed by atoms with Crippen LogP contribution in [-0.2, 0) is 0 Å². The van der Waals surface area contributed by atoms with Gasteiger partial charge in [-0.1, -0.05) is 213 Å². The predicted octanol–water partition coefficient (Wildman–Crippen LogP) is 19.5. The standard InChI is InChI=1S/C38H26N4.C38H31N3/c1-25-21-30(26-9-3-2-4-10-26)22-39-37(25)29-17-15-27(16-18-29)31-23-40-38(41-24-31)42-34-14-8-7-13-33(34)36-32-12-6-5-11-28(32)19-20-35(36)42;1-2-8-26(9-3-1)27-14-16-28(17-15-27)29-18-20-30(21-19-29)33-24-39-38(40-25-33)41-36-13-7-6-12-34(36)35-22-31-10-4-5-11-32(31)23-37(35)41/h2-24H,1H3;4-7,10-26H,1-3,8-9H2. The van der Waals surface area contributed by atoms with Gasteiger partial charge < -0.3 is 0 Å². The van der Waals surface area contributed by atoms with Crippen molar-refractivity contribution in [2.75, 3.05) is 0 Å². The van der Waals surface area contributed by atoms with Gasteiger partial charge in [0, 0.05) is 74.8 Å². The third-order valence-corrected chi connectivity index (χ3v) is 17.0. The molecule has 1 fully saturated rings. The van der Waals surface area contributed by atoms with Crippen LogP contribution in [0.3, 0.4) is 0 Å². The smallest absolute Gasteiger partial charge is 0.234 e. The Labute approximate surface area is 481 Å². The Kier molecular flexibility index (Phi) is 12.7. The van der Waals surface area contributed by atoms with Crippen molar-refractivity contribution in [3.8, 4) is 67.7 Å². The number of pyridine rings is 1. The summed E-state index contributed by atoms with van der Waals surface area (Å²) in [7, 11) is 0. The number of nitrogens with zero attached hydrogens (tertiary/aromatic N) is 7. The van der Waals surface area contributed by atoms with Gasteiger partial charge in [0.05, 0.1) is 27.8 Å². The lowest BCUT2D eigenvalue weighted by molar-refractivity contribution is 0.443. The van der Waals surface area contributed by atoms with Gasteiger partial charge in [0.2, 0.25) is 11.9 Å². The summed E-state index contributed by atoms with van der Waals surface area (Å²) in [5, 5.41) is 9.77. The summed E-state index contributed by atoms with van der Waals surface area (Å²) in [6.45, 7) is 2.12. The molecule has 5 heterocycles. The molecule has 0 aliphatic heterocycles. The van der Waals surface area contributed by atoms with Crippen LogP contribution in [0.15, 0.2) is 262 Å². The SMILES string of the molecule is Cc1cc(-c2ccccc2)cnc1-c1ccc(-c2cnc(-n3c4ccccc4c4c5ccccc5ccc43)nc2)cc1.c1ccc2cc3c(cc2c1)c1ccccc1n3-c1ncc(-c2ccc(-c3ccc(C4CCCCC4)cc3)cc2)cn1. The van der Waals surface area contributed by atoms with Gasteiger partial charge in [-0.25, -0.2) is 19.9 Å². The molecule has 1 aliphatic carbocycles. The summed E-state index contributed by atoms with van der Waals surface area (Å²) in [5.41, 5.74) is 18.1. The molecule has 7 heteroatoms. The summed E-state index contributed by atoms with van der Waals surface area (Å²) >= 11 is 0. The van der Waals surface area contributed by atoms with E-state index in [1.165, 1.54) is 97.4 Å². The largest absolute Gasteiger partial charge is 0.278 e. The zero-order valence-electron chi connectivity index (χ0n) is 46.1. The van der Waals surface area contributed by atoms with E-state index in [0.717, 1.165) is 72.6 Å². The monoisotopic (exact) mass is 1070 g/mol. The van der Waals surface area contributed by atoms with Crippen molar-refractivity contribution in [2.24, 2.45) is 0 Å². The number of hydrogen-bond acceptors (Lipinski definition) is 5. The van der Waals surface area contributed by atoms with Gasteiger partial charge in [-0.15, -0.1) is 0 Å². The average Bonchev–Trinajstić information content (AvgIpc) is 2.71. The van der Waals surface area contributed by atoms with Crippen LogP contribution < -0.4 is 0 Å². The van der Waals surface area contributed by atoms with Crippen LogP contribution in [0.25, 0.3) is 133 Å². The molecule has 396 valence electrons. The minimum atomic E-state index is 0.662. The number of para-hydroxylation sites is 2. The lowest BCUT2D eigenvalue weighted by Crippen LogP contribution is -2.04. The summed E-state index contributed by atoms with van der Waals surface area (Å²) < 4.78 is 4.35. The second-order valence-electron chi connectivity index (χ2n) is 22.0.